The highest BCUT2D eigenvalue weighted by atomic mass is 16.7. The molecule has 0 radical (unpaired) electrons. The molecular weight excluding hydrogens is 342 g/mol. The molecule has 1 heterocycles. The zero-order valence-electron chi connectivity index (χ0n) is 14.1. The lowest BCUT2D eigenvalue weighted by Gasteiger charge is -2.13. The first-order valence-electron chi connectivity index (χ1n) is 8.55. The largest absolute Gasteiger partial charge is 0.363 e. The average molecular weight is 355 g/mol. The summed E-state index contributed by atoms with van der Waals surface area (Å²) in [6.07, 6.45) is 0.819. The number of benzene rings is 3. The van der Waals surface area contributed by atoms with E-state index in [4.69, 9.17) is 4.84 Å². The van der Waals surface area contributed by atoms with E-state index in [-0.39, 0.29) is 11.1 Å². The fourth-order valence-corrected chi connectivity index (χ4v) is 3.64. The fourth-order valence-electron chi connectivity index (χ4n) is 3.64. The topological polar surface area (TPSA) is 63.7 Å². The first-order valence-corrected chi connectivity index (χ1v) is 8.55. The Morgan fingerprint density at radius 3 is 2.04 bits per heavy atom. The lowest BCUT2D eigenvalue weighted by Crippen LogP contribution is -2.32. The maximum absolute atomic E-state index is 12.6. The van der Waals surface area contributed by atoms with E-state index >= 15 is 0 Å². The van der Waals surface area contributed by atoms with Gasteiger partial charge in [-0.3, -0.25) is 9.59 Å². The number of amides is 2. The number of fused-ring (bicyclic) bond motifs is 4. The number of hydroxylamine groups is 2. The van der Waals surface area contributed by atoms with Gasteiger partial charge in [0.05, 0.1) is 16.7 Å². The molecule has 1 aliphatic heterocycles. The van der Waals surface area contributed by atoms with E-state index in [9.17, 15) is 14.4 Å². The lowest BCUT2D eigenvalue weighted by atomic mass is 10.0. The third-order valence-corrected chi connectivity index (χ3v) is 4.97. The Morgan fingerprint density at radius 2 is 1.33 bits per heavy atom. The Hall–Kier alpha value is -3.73. The number of hydrogen-bond donors (Lipinski definition) is 0. The Morgan fingerprint density at radius 1 is 0.741 bits per heavy atom. The van der Waals surface area contributed by atoms with Crippen LogP contribution in [0.15, 0.2) is 66.7 Å². The second kappa shape index (κ2) is 5.64. The number of carbonyl (C=O) groups is 3. The molecule has 5 rings (SSSR count). The van der Waals surface area contributed by atoms with Crippen LogP contribution in [0.2, 0.25) is 0 Å². The van der Waals surface area contributed by atoms with Crippen molar-refractivity contribution in [2.24, 2.45) is 0 Å². The molecular formula is C22H13NO4. The minimum Gasteiger partial charge on any atom is -0.324 e. The number of rotatable bonds is 2. The van der Waals surface area contributed by atoms with Gasteiger partial charge in [-0.2, -0.15) is 0 Å². The highest BCUT2D eigenvalue weighted by Crippen LogP contribution is 2.37. The van der Waals surface area contributed by atoms with E-state index in [2.05, 4.69) is 6.07 Å². The van der Waals surface area contributed by atoms with Crippen LogP contribution in [-0.2, 0) is 11.3 Å². The summed E-state index contributed by atoms with van der Waals surface area (Å²) in [5.41, 5.74) is 5.16. The van der Waals surface area contributed by atoms with E-state index in [0.29, 0.717) is 10.6 Å². The molecule has 0 aromatic heterocycles. The van der Waals surface area contributed by atoms with Crippen molar-refractivity contribution < 1.29 is 19.2 Å². The Kier molecular flexibility index (Phi) is 3.24. The zero-order chi connectivity index (χ0) is 18.5. The molecule has 1 aliphatic carbocycles. The summed E-state index contributed by atoms with van der Waals surface area (Å²) in [7, 11) is 0. The summed E-state index contributed by atoms with van der Waals surface area (Å²) < 4.78 is 0. The molecule has 0 atom stereocenters. The Labute approximate surface area is 154 Å². The normalized spacial score (nSPS) is 14.0. The first kappa shape index (κ1) is 15.5. The summed E-state index contributed by atoms with van der Waals surface area (Å²) in [5, 5.41) is 0.536. The van der Waals surface area contributed by atoms with Crippen LogP contribution in [0.3, 0.4) is 0 Å². The molecule has 0 saturated carbocycles. The van der Waals surface area contributed by atoms with Gasteiger partial charge < -0.3 is 4.84 Å². The summed E-state index contributed by atoms with van der Waals surface area (Å²) in [6.45, 7) is 0. The minimum absolute atomic E-state index is 0.234. The van der Waals surface area contributed by atoms with Crippen molar-refractivity contribution in [1.29, 1.82) is 0 Å². The van der Waals surface area contributed by atoms with Crippen LogP contribution in [0, 0.1) is 0 Å². The maximum atomic E-state index is 12.6. The first-order chi connectivity index (χ1) is 13.1. The molecule has 0 spiro atoms. The summed E-state index contributed by atoms with van der Waals surface area (Å²) in [5.74, 6) is -2.00. The van der Waals surface area contributed by atoms with Crippen LogP contribution in [0.1, 0.15) is 42.2 Å². The van der Waals surface area contributed by atoms with Crippen molar-refractivity contribution in [3.63, 3.8) is 0 Å². The molecule has 0 fully saturated rings. The summed E-state index contributed by atoms with van der Waals surface area (Å²) in [6, 6.07) is 19.7. The molecule has 27 heavy (non-hydrogen) atoms. The third kappa shape index (κ3) is 2.29. The van der Waals surface area contributed by atoms with E-state index in [1.807, 2.05) is 24.3 Å². The molecule has 0 N–H and O–H groups in total. The second-order valence-electron chi connectivity index (χ2n) is 6.53. The van der Waals surface area contributed by atoms with Crippen molar-refractivity contribution >= 4 is 17.8 Å². The van der Waals surface area contributed by atoms with Gasteiger partial charge in [0.25, 0.3) is 11.8 Å². The van der Waals surface area contributed by atoms with Crippen LogP contribution in [-0.4, -0.2) is 22.8 Å². The lowest BCUT2D eigenvalue weighted by molar-refractivity contribution is -0.0584. The van der Waals surface area contributed by atoms with Crippen LogP contribution in [0.5, 0.6) is 0 Å². The predicted octanol–water partition coefficient (Wildman–Crippen LogP) is 3.63. The van der Waals surface area contributed by atoms with Crippen LogP contribution in [0.4, 0.5) is 0 Å². The molecule has 0 bridgehead atoms. The standard InChI is InChI=1S/C22H13NO4/c24-20-17-7-3-4-8-18(17)21(25)23(20)27-22(26)15-10-9-14-11-13-5-1-2-6-16(13)19(14)12-15/h1-10,12H,11H2. The fraction of sp³-hybridized carbons (Fsp3) is 0.0455. The smallest absolute Gasteiger partial charge is 0.324 e. The van der Waals surface area contributed by atoms with Gasteiger partial charge in [0.15, 0.2) is 0 Å². The zero-order valence-corrected chi connectivity index (χ0v) is 14.1. The Bertz CT molecular complexity index is 1110. The van der Waals surface area contributed by atoms with Gasteiger partial charge in [-0.15, -0.1) is 0 Å². The molecule has 3 aromatic rings. The summed E-state index contributed by atoms with van der Waals surface area (Å²) in [4.78, 5) is 42.4. The number of imide groups is 1. The van der Waals surface area contributed by atoms with Crippen molar-refractivity contribution in [1.82, 2.24) is 5.06 Å². The second-order valence-corrected chi connectivity index (χ2v) is 6.53. The molecule has 2 amide bonds. The SMILES string of the molecule is O=C(ON1C(=O)c2ccccc2C1=O)c1ccc2c(c1)-c1ccccc1C2. The highest BCUT2D eigenvalue weighted by Gasteiger charge is 2.38. The van der Waals surface area contributed by atoms with Gasteiger partial charge in [0.2, 0.25) is 0 Å². The van der Waals surface area contributed by atoms with E-state index in [1.165, 1.54) is 17.7 Å². The van der Waals surface area contributed by atoms with Gasteiger partial charge >= 0.3 is 5.97 Å². The van der Waals surface area contributed by atoms with Gasteiger partial charge in [0.1, 0.15) is 0 Å². The third-order valence-electron chi connectivity index (χ3n) is 4.97. The number of nitrogens with zero attached hydrogens (tertiary/aromatic N) is 1. The number of hydrogen-bond acceptors (Lipinski definition) is 4. The van der Waals surface area contributed by atoms with Crippen LogP contribution < -0.4 is 0 Å². The van der Waals surface area contributed by atoms with E-state index < -0.39 is 17.8 Å². The van der Waals surface area contributed by atoms with Gasteiger partial charge in [-0.25, -0.2) is 4.79 Å². The van der Waals surface area contributed by atoms with Crippen molar-refractivity contribution in [3.8, 4) is 11.1 Å². The molecule has 5 nitrogen and oxygen atoms in total. The molecule has 2 aliphatic rings. The van der Waals surface area contributed by atoms with Gasteiger partial charge in [-0.1, -0.05) is 47.5 Å². The van der Waals surface area contributed by atoms with E-state index in [0.717, 1.165) is 23.1 Å². The molecule has 0 unspecified atom stereocenters. The van der Waals surface area contributed by atoms with Crippen molar-refractivity contribution in [3.05, 3.63) is 94.5 Å². The molecule has 3 aromatic carbocycles. The van der Waals surface area contributed by atoms with E-state index in [1.54, 1.807) is 24.3 Å². The van der Waals surface area contributed by atoms with Crippen LogP contribution >= 0.6 is 0 Å². The molecule has 0 saturated heterocycles. The Balaban J connectivity index is 1.44. The average Bonchev–Trinajstić information content (AvgIpc) is 3.19. The molecule has 5 heteroatoms. The number of carbonyl (C=O) groups excluding carboxylic acids is 3. The van der Waals surface area contributed by atoms with Crippen LogP contribution in [0.25, 0.3) is 11.1 Å². The van der Waals surface area contributed by atoms with Crippen molar-refractivity contribution in [2.75, 3.05) is 0 Å². The predicted molar refractivity (Wildman–Crippen MR) is 97.0 cm³/mol. The minimum atomic E-state index is -0.739. The summed E-state index contributed by atoms with van der Waals surface area (Å²) >= 11 is 0. The quantitative estimate of drug-likeness (QED) is 0.515. The van der Waals surface area contributed by atoms with Gasteiger partial charge in [-0.05, 0) is 52.9 Å². The highest BCUT2D eigenvalue weighted by molar-refractivity contribution is 6.21. The maximum Gasteiger partial charge on any atom is 0.363 e. The van der Waals surface area contributed by atoms with Crippen molar-refractivity contribution in [2.45, 2.75) is 6.42 Å². The van der Waals surface area contributed by atoms with Gasteiger partial charge in [0, 0.05) is 0 Å². The molecule has 130 valence electrons. The monoisotopic (exact) mass is 355 g/mol.